The van der Waals surface area contributed by atoms with Crippen molar-refractivity contribution < 1.29 is 18.5 Å². The summed E-state index contributed by atoms with van der Waals surface area (Å²) in [5.74, 6) is 0.486. The average molecular weight is 326 g/mol. The average Bonchev–Trinajstić information content (AvgIpc) is 2.56. The van der Waals surface area contributed by atoms with Crippen molar-refractivity contribution in [3.8, 4) is 0 Å². The van der Waals surface area contributed by atoms with Gasteiger partial charge in [0.15, 0.2) is 0 Å². The predicted octanol–water partition coefficient (Wildman–Crippen LogP) is 4.31. The van der Waals surface area contributed by atoms with E-state index in [4.69, 9.17) is 4.74 Å². The Morgan fingerprint density at radius 3 is 2.50 bits per heavy atom. The molecule has 0 radical (unpaired) electrons. The summed E-state index contributed by atoms with van der Waals surface area (Å²) in [6.45, 7) is 2.16. The van der Waals surface area contributed by atoms with Gasteiger partial charge in [-0.3, -0.25) is 4.21 Å². The van der Waals surface area contributed by atoms with Crippen molar-refractivity contribution in [1.82, 2.24) is 0 Å². The first kappa shape index (κ1) is 18.7. The Morgan fingerprint density at radius 2 is 1.86 bits per heavy atom. The fraction of sp³-hybridized carbons (Fsp3) is 0.588. The molecule has 124 valence electrons. The third-order valence-electron chi connectivity index (χ3n) is 3.44. The third kappa shape index (κ3) is 7.59. The van der Waals surface area contributed by atoms with Gasteiger partial charge in [-0.15, -0.1) is 0 Å². The number of methoxy groups -OCH3 is 1. The summed E-state index contributed by atoms with van der Waals surface area (Å²) in [6, 6.07) is 9.36. The summed E-state index contributed by atoms with van der Waals surface area (Å²) in [7, 11) is 0.242. The number of ether oxygens (including phenoxy) is 2. The lowest BCUT2D eigenvalue weighted by Gasteiger charge is -2.16. The molecule has 0 spiro atoms. The van der Waals surface area contributed by atoms with Crippen LogP contribution in [-0.2, 0) is 20.3 Å². The molecule has 2 atom stereocenters. The molecule has 0 bridgehead atoms. The largest absolute Gasteiger partial charge is 0.508 e. The van der Waals surface area contributed by atoms with E-state index >= 15 is 0 Å². The first-order valence-electron chi connectivity index (χ1n) is 7.85. The Morgan fingerprint density at radius 1 is 1.14 bits per heavy atom. The van der Waals surface area contributed by atoms with Crippen LogP contribution in [0.15, 0.2) is 35.2 Å². The van der Waals surface area contributed by atoms with Crippen LogP contribution in [0.25, 0.3) is 0 Å². The molecule has 0 amide bonds. The lowest BCUT2D eigenvalue weighted by molar-refractivity contribution is 0.0318. The van der Waals surface area contributed by atoms with E-state index in [0.717, 1.165) is 24.2 Å². The normalized spacial score (nSPS) is 13.4. The van der Waals surface area contributed by atoms with Gasteiger partial charge in [0.05, 0.1) is 17.9 Å². The van der Waals surface area contributed by atoms with Crippen LogP contribution in [0.3, 0.4) is 0 Å². The lowest BCUT2D eigenvalue weighted by atomic mass is 10.1. The van der Waals surface area contributed by atoms with Crippen LogP contribution in [0.2, 0.25) is 0 Å². The smallest absolute Gasteiger partial charge is 0.438 e. The van der Waals surface area contributed by atoms with E-state index in [1.807, 2.05) is 30.3 Å². The van der Waals surface area contributed by atoms with Crippen molar-refractivity contribution in [2.45, 2.75) is 56.4 Å². The molecule has 0 aromatic heterocycles. The Balaban J connectivity index is 2.45. The molecule has 1 aromatic rings. The van der Waals surface area contributed by atoms with E-state index in [0.29, 0.717) is 12.2 Å². The van der Waals surface area contributed by atoms with Crippen LogP contribution in [0.5, 0.6) is 0 Å². The van der Waals surface area contributed by atoms with Gasteiger partial charge in [-0.1, -0.05) is 44.4 Å². The maximum absolute atomic E-state index is 12.2. The zero-order valence-corrected chi connectivity index (χ0v) is 14.3. The minimum absolute atomic E-state index is 0.225. The maximum atomic E-state index is 12.2. The van der Waals surface area contributed by atoms with Gasteiger partial charge in [0.1, 0.15) is 6.10 Å². The second kappa shape index (κ2) is 11.2. The van der Waals surface area contributed by atoms with E-state index in [-0.39, 0.29) is 6.10 Å². The van der Waals surface area contributed by atoms with Gasteiger partial charge in [0, 0.05) is 10.6 Å². The van der Waals surface area contributed by atoms with Gasteiger partial charge < -0.3 is 9.47 Å². The van der Waals surface area contributed by atoms with Gasteiger partial charge in [0.2, 0.25) is 0 Å². The first-order valence-corrected chi connectivity index (χ1v) is 9.17. The summed E-state index contributed by atoms with van der Waals surface area (Å²) in [4.78, 5) is 12.1. The molecule has 2 unspecified atom stereocenters. The molecule has 1 aromatic carbocycles. The standard InChI is InChI=1S/C17H26O4S/c1-3-4-5-7-10-15(21-17(18)20-2)13-14-22(19)16-11-8-6-9-12-16/h6,8-9,11-12,15H,3-5,7,10,13-14H2,1-2H3. The van der Waals surface area contributed by atoms with Crippen LogP contribution < -0.4 is 0 Å². The Hall–Kier alpha value is -1.36. The van der Waals surface area contributed by atoms with Crippen molar-refractivity contribution in [3.63, 3.8) is 0 Å². The molecule has 0 aliphatic rings. The van der Waals surface area contributed by atoms with E-state index < -0.39 is 17.0 Å². The topological polar surface area (TPSA) is 52.6 Å². The van der Waals surface area contributed by atoms with Crippen LogP contribution in [-0.4, -0.2) is 29.3 Å². The Bertz CT molecular complexity index is 447. The molecule has 0 saturated heterocycles. The molecule has 4 nitrogen and oxygen atoms in total. The molecule has 22 heavy (non-hydrogen) atoms. The van der Waals surface area contributed by atoms with Crippen LogP contribution in [0, 0.1) is 0 Å². The third-order valence-corrected chi connectivity index (χ3v) is 4.84. The summed E-state index contributed by atoms with van der Waals surface area (Å²) >= 11 is 0. The fourth-order valence-electron chi connectivity index (χ4n) is 2.17. The minimum atomic E-state index is -1.06. The maximum Gasteiger partial charge on any atom is 0.508 e. The van der Waals surface area contributed by atoms with Crippen LogP contribution in [0.1, 0.15) is 45.4 Å². The monoisotopic (exact) mass is 326 g/mol. The highest BCUT2D eigenvalue weighted by atomic mass is 32.2. The van der Waals surface area contributed by atoms with Crippen molar-refractivity contribution in [2.24, 2.45) is 0 Å². The number of hydrogen-bond donors (Lipinski definition) is 0. The van der Waals surface area contributed by atoms with Crippen molar-refractivity contribution in [2.75, 3.05) is 12.9 Å². The van der Waals surface area contributed by atoms with Crippen molar-refractivity contribution in [3.05, 3.63) is 30.3 Å². The number of benzene rings is 1. The highest BCUT2D eigenvalue weighted by molar-refractivity contribution is 7.85. The molecule has 1 rings (SSSR count). The number of hydrogen-bond acceptors (Lipinski definition) is 4. The molecule has 0 saturated carbocycles. The molecule has 0 heterocycles. The molecule has 0 N–H and O–H groups in total. The van der Waals surface area contributed by atoms with Crippen molar-refractivity contribution >= 4 is 17.0 Å². The molecule has 0 aliphatic heterocycles. The number of rotatable bonds is 10. The molecular weight excluding hydrogens is 300 g/mol. The van der Waals surface area contributed by atoms with Crippen molar-refractivity contribution in [1.29, 1.82) is 0 Å². The van der Waals surface area contributed by atoms with E-state index in [1.54, 1.807) is 0 Å². The fourth-order valence-corrected chi connectivity index (χ4v) is 3.35. The van der Waals surface area contributed by atoms with Gasteiger partial charge in [-0.05, 0) is 31.4 Å². The van der Waals surface area contributed by atoms with E-state index in [2.05, 4.69) is 11.7 Å². The molecule has 0 fully saturated rings. The van der Waals surface area contributed by atoms with Gasteiger partial charge >= 0.3 is 6.16 Å². The van der Waals surface area contributed by atoms with E-state index in [1.165, 1.54) is 20.0 Å². The number of carbonyl (C=O) groups excluding carboxylic acids is 1. The second-order valence-corrected chi connectivity index (χ2v) is 6.77. The minimum Gasteiger partial charge on any atom is -0.438 e. The Kier molecular flexibility index (Phi) is 9.55. The SMILES string of the molecule is CCCCCCC(CCS(=O)c1ccccc1)OC(=O)OC. The van der Waals surface area contributed by atoms with Gasteiger partial charge in [-0.25, -0.2) is 4.79 Å². The van der Waals surface area contributed by atoms with Crippen LogP contribution >= 0.6 is 0 Å². The quantitative estimate of drug-likeness (QED) is 0.475. The molecule has 0 aliphatic carbocycles. The summed E-state index contributed by atoms with van der Waals surface area (Å²) in [5, 5.41) is 0. The lowest BCUT2D eigenvalue weighted by Crippen LogP contribution is -2.20. The summed E-state index contributed by atoms with van der Waals surface area (Å²) in [6.07, 6.45) is 4.97. The summed E-state index contributed by atoms with van der Waals surface area (Å²) < 4.78 is 22.1. The highest BCUT2D eigenvalue weighted by Gasteiger charge is 2.16. The predicted molar refractivity (Wildman–Crippen MR) is 88.4 cm³/mol. The summed E-state index contributed by atoms with van der Waals surface area (Å²) in [5.41, 5.74) is 0. The molecule has 5 heteroatoms. The van der Waals surface area contributed by atoms with E-state index in [9.17, 15) is 9.00 Å². The second-order valence-electron chi connectivity index (χ2n) is 5.19. The Labute approximate surface area is 135 Å². The number of carbonyl (C=O) groups is 1. The van der Waals surface area contributed by atoms with Crippen LogP contribution in [0.4, 0.5) is 4.79 Å². The number of unbranched alkanes of at least 4 members (excludes halogenated alkanes) is 3. The highest BCUT2D eigenvalue weighted by Crippen LogP contribution is 2.15. The molecular formula is C17H26O4S. The first-order chi connectivity index (χ1) is 10.7. The van der Waals surface area contributed by atoms with Gasteiger partial charge in [0.25, 0.3) is 0 Å². The zero-order chi connectivity index (χ0) is 16.2. The zero-order valence-electron chi connectivity index (χ0n) is 13.5. The van der Waals surface area contributed by atoms with Gasteiger partial charge in [-0.2, -0.15) is 0 Å².